The first-order valence-electron chi connectivity index (χ1n) is 7.19. The Labute approximate surface area is 139 Å². The van der Waals surface area contributed by atoms with Crippen molar-refractivity contribution < 1.29 is 17.9 Å². The molecule has 0 aliphatic carbocycles. The molecule has 0 aliphatic rings. The van der Waals surface area contributed by atoms with Crippen LogP contribution in [-0.4, -0.2) is 26.2 Å². The van der Waals surface area contributed by atoms with Gasteiger partial charge in [0.2, 0.25) is 0 Å². The summed E-state index contributed by atoms with van der Waals surface area (Å²) in [7, 11) is 0. The Morgan fingerprint density at radius 2 is 2.00 bits per heavy atom. The molecule has 0 saturated heterocycles. The van der Waals surface area contributed by atoms with Gasteiger partial charge in [-0.2, -0.15) is 14.6 Å². The minimum absolute atomic E-state index is 0.00394. The van der Waals surface area contributed by atoms with Gasteiger partial charge in [-0.05, 0) is 24.1 Å². The van der Waals surface area contributed by atoms with Gasteiger partial charge in [-0.1, -0.05) is 12.8 Å². The second kappa shape index (κ2) is 6.32. The number of hydrogen-bond donors (Lipinski definition) is 1. The van der Waals surface area contributed by atoms with Crippen LogP contribution in [0.5, 0.6) is 6.01 Å². The van der Waals surface area contributed by atoms with Crippen LogP contribution < -0.4 is 10.4 Å². The number of rotatable bonds is 4. The second-order valence-corrected chi connectivity index (χ2v) is 5.00. The molecule has 0 bridgehead atoms. The molecule has 9 heteroatoms. The minimum Gasteiger partial charge on any atom is -0.451 e. The molecule has 3 aromatic rings. The second-order valence-electron chi connectivity index (χ2n) is 5.00. The van der Waals surface area contributed by atoms with E-state index in [0.29, 0.717) is 12.1 Å². The van der Waals surface area contributed by atoms with Gasteiger partial charge in [0.25, 0.3) is 0 Å². The third-order valence-electron chi connectivity index (χ3n) is 3.45. The molecule has 0 saturated carbocycles. The highest BCUT2D eigenvalue weighted by atomic mass is 19.2. The molecule has 0 spiro atoms. The number of nitrogens with zero attached hydrogens (tertiary/aromatic N) is 3. The van der Waals surface area contributed by atoms with Crippen molar-refractivity contribution in [1.29, 1.82) is 0 Å². The molecule has 2 heterocycles. The molecule has 1 aromatic carbocycles. The van der Waals surface area contributed by atoms with Crippen molar-refractivity contribution in [2.24, 2.45) is 0 Å². The lowest BCUT2D eigenvalue weighted by molar-refractivity contribution is 0.337. The van der Waals surface area contributed by atoms with Crippen molar-refractivity contribution in [3.8, 4) is 29.5 Å². The number of benzene rings is 1. The minimum atomic E-state index is -1.58. The van der Waals surface area contributed by atoms with Crippen LogP contribution in [0.2, 0.25) is 0 Å². The number of hydrogen-bond acceptors (Lipinski definition) is 4. The zero-order valence-corrected chi connectivity index (χ0v) is 12.9. The molecule has 0 radical (unpaired) electrons. The van der Waals surface area contributed by atoms with Crippen LogP contribution in [0.3, 0.4) is 0 Å². The van der Waals surface area contributed by atoms with Crippen molar-refractivity contribution in [3.05, 3.63) is 45.8 Å². The summed E-state index contributed by atoms with van der Waals surface area (Å²) in [6, 6.07) is 1.47. The van der Waals surface area contributed by atoms with E-state index in [4.69, 9.17) is 11.2 Å². The van der Waals surface area contributed by atoms with Crippen LogP contribution in [0.15, 0.2) is 16.9 Å². The SMILES string of the molecule is C#CCOc1nc2c(-c3cc(F)c(F)c(F)c3)c(CC)nn2c(=O)[nH]1. The molecule has 0 atom stereocenters. The van der Waals surface area contributed by atoms with Gasteiger partial charge < -0.3 is 4.74 Å². The van der Waals surface area contributed by atoms with E-state index in [-0.39, 0.29) is 29.4 Å². The highest BCUT2D eigenvalue weighted by Crippen LogP contribution is 2.30. The normalized spacial score (nSPS) is 10.8. The lowest BCUT2D eigenvalue weighted by Gasteiger charge is -2.05. The average molecular weight is 348 g/mol. The zero-order valence-electron chi connectivity index (χ0n) is 12.9. The summed E-state index contributed by atoms with van der Waals surface area (Å²) in [4.78, 5) is 18.6. The summed E-state index contributed by atoms with van der Waals surface area (Å²) in [5.41, 5.74) is -0.0854. The van der Waals surface area contributed by atoms with Crippen molar-refractivity contribution >= 4 is 5.65 Å². The van der Waals surface area contributed by atoms with Crippen molar-refractivity contribution in [1.82, 2.24) is 19.6 Å². The first kappa shape index (κ1) is 16.6. The number of fused-ring (bicyclic) bond motifs is 1. The Morgan fingerprint density at radius 1 is 1.32 bits per heavy atom. The van der Waals surface area contributed by atoms with Gasteiger partial charge in [-0.25, -0.2) is 18.0 Å². The lowest BCUT2D eigenvalue weighted by Crippen LogP contribution is -2.20. The van der Waals surface area contributed by atoms with E-state index in [0.717, 1.165) is 16.6 Å². The standard InChI is InChI=1S/C16H11F3N4O2/c1-3-5-25-15-20-14-12(8-6-9(17)13(19)10(18)7-8)11(4-2)22-23(14)16(24)21-15/h1,6-7H,4-5H2,2H3,(H,20,21,24). The van der Waals surface area contributed by atoms with Crippen LogP contribution in [-0.2, 0) is 6.42 Å². The van der Waals surface area contributed by atoms with Gasteiger partial charge in [-0.15, -0.1) is 6.42 Å². The van der Waals surface area contributed by atoms with Crippen LogP contribution in [0, 0.1) is 29.8 Å². The fraction of sp³-hybridized carbons (Fsp3) is 0.188. The van der Waals surface area contributed by atoms with Gasteiger partial charge in [0.05, 0.1) is 11.3 Å². The van der Waals surface area contributed by atoms with Gasteiger partial charge in [0, 0.05) is 0 Å². The first-order valence-corrected chi connectivity index (χ1v) is 7.19. The van der Waals surface area contributed by atoms with Crippen LogP contribution in [0.4, 0.5) is 13.2 Å². The van der Waals surface area contributed by atoms with E-state index >= 15 is 0 Å². The Bertz CT molecular complexity index is 1040. The van der Waals surface area contributed by atoms with Crippen molar-refractivity contribution in [2.45, 2.75) is 13.3 Å². The maximum Gasteiger partial charge on any atom is 0.352 e. The van der Waals surface area contributed by atoms with Crippen LogP contribution >= 0.6 is 0 Å². The zero-order chi connectivity index (χ0) is 18.1. The van der Waals surface area contributed by atoms with E-state index in [1.807, 2.05) is 0 Å². The maximum atomic E-state index is 13.6. The number of aromatic amines is 1. The monoisotopic (exact) mass is 348 g/mol. The fourth-order valence-corrected chi connectivity index (χ4v) is 2.39. The molecule has 128 valence electrons. The molecule has 1 N–H and O–H groups in total. The van der Waals surface area contributed by atoms with Gasteiger partial charge in [0.15, 0.2) is 29.7 Å². The van der Waals surface area contributed by atoms with Gasteiger partial charge >= 0.3 is 11.7 Å². The highest BCUT2D eigenvalue weighted by Gasteiger charge is 2.21. The molecular weight excluding hydrogens is 337 g/mol. The summed E-state index contributed by atoms with van der Waals surface area (Å²) in [6.45, 7) is 1.61. The summed E-state index contributed by atoms with van der Waals surface area (Å²) < 4.78 is 46.5. The molecule has 6 nitrogen and oxygen atoms in total. The number of terminal acetylenes is 1. The molecule has 0 fully saturated rings. The average Bonchev–Trinajstić information content (AvgIpc) is 2.96. The Kier molecular flexibility index (Phi) is 4.19. The maximum absolute atomic E-state index is 13.6. The third-order valence-corrected chi connectivity index (χ3v) is 3.45. The van der Waals surface area contributed by atoms with Gasteiger partial charge in [-0.3, -0.25) is 4.98 Å². The van der Waals surface area contributed by atoms with Crippen LogP contribution in [0.1, 0.15) is 12.6 Å². The highest BCUT2D eigenvalue weighted by molar-refractivity contribution is 5.80. The predicted molar refractivity (Wildman–Crippen MR) is 82.6 cm³/mol. The number of aryl methyl sites for hydroxylation is 1. The Balaban J connectivity index is 2.31. The first-order chi connectivity index (χ1) is 12.0. The Hall–Kier alpha value is -3.28. The van der Waals surface area contributed by atoms with E-state index in [1.54, 1.807) is 6.92 Å². The third kappa shape index (κ3) is 2.82. The summed E-state index contributed by atoms with van der Waals surface area (Å²) in [5, 5.41) is 4.09. The molecule has 0 aliphatic heterocycles. The molecule has 0 amide bonds. The van der Waals surface area contributed by atoms with E-state index in [9.17, 15) is 18.0 Å². The molecule has 2 aromatic heterocycles. The van der Waals surface area contributed by atoms with E-state index < -0.39 is 23.1 Å². The van der Waals surface area contributed by atoms with Crippen LogP contribution in [0.25, 0.3) is 16.8 Å². The number of aromatic nitrogens is 4. The quantitative estimate of drug-likeness (QED) is 0.579. The largest absolute Gasteiger partial charge is 0.451 e. The smallest absolute Gasteiger partial charge is 0.352 e. The number of ether oxygens (including phenoxy) is 1. The van der Waals surface area contributed by atoms with Crippen molar-refractivity contribution in [2.75, 3.05) is 6.61 Å². The number of halogens is 3. The van der Waals surface area contributed by atoms with Crippen molar-refractivity contribution in [3.63, 3.8) is 0 Å². The Morgan fingerprint density at radius 3 is 2.60 bits per heavy atom. The number of nitrogens with one attached hydrogen (secondary N) is 1. The summed E-state index contributed by atoms with van der Waals surface area (Å²) in [5.74, 6) is -2.07. The number of H-pyrrole nitrogens is 1. The predicted octanol–water partition coefficient (Wildman–Crippen LogP) is 2.08. The summed E-state index contributed by atoms with van der Waals surface area (Å²) >= 11 is 0. The molecule has 25 heavy (non-hydrogen) atoms. The molecular formula is C16H11F3N4O2. The van der Waals surface area contributed by atoms with E-state index in [1.165, 1.54) is 0 Å². The molecule has 3 rings (SSSR count). The molecule has 0 unspecified atom stereocenters. The fourth-order valence-electron chi connectivity index (χ4n) is 2.39. The topological polar surface area (TPSA) is 72.3 Å². The lowest BCUT2D eigenvalue weighted by atomic mass is 10.0. The van der Waals surface area contributed by atoms with E-state index in [2.05, 4.69) is 21.0 Å². The summed E-state index contributed by atoms with van der Waals surface area (Å²) in [6.07, 6.45) is 5.44. The van der Waals surface area contributed by atoms with Gasteiger partial charge in [0.1, 0.15) is 0 Å².